The molecule has 0 amide bonds. The summed E-state index contributed by atoms with van der Waals surface area (Å²) in [4.78, 5) is 2.37. The zero-order valence-electron chi connectivity index (χ0n) is 9.38. The van der Waals surface area contributed by atoms with Crippen LogP contribution < -0.4 is 5.73 Å². The van der Waals surface area contributed by atoms with Crippen LogP contribution in [0.4, 0.5) is 0 Å². The standard InChI is InChI=1S/C11H15N.CH5N/c1-9-3-4-11-8-12(2)6-5-10(11)7-9;1-2/h3-4,7H,5-6,8H2,1-2H3;2H2,1H3. The van der Waals surface area contributed by atoms with E-state index in [0.717, 1.165) is 6.54 Å². The van der Waals surface area contributed by atoms with Gasteiger partial charge in [0.1, 0.15) is 0 Å². The Balaban J connectivity index is 0.000000461. The molecule has 2 heteroatoms. The second-order valence-electron chi connectivity index (χ2n) is 3.76. The van der Waals surface area contributed by atoms with Crippen molar-refractivity contribution >= 4 is 0 Å². The highest BCUT2D eigenvalue weighted by Crippen LogP contribution is 2.18. The molecule has 0 saturated heterocycles. The molecule has 0 radical (unpaired) electrons. The second-order valence-corrected chi connectivity index (χ2v) is 3.76. The molecule has 14 heavy (non-hydrogen) atoms. The Morgan fingerprint density at radius 3 is 2.64 bits per heavy atom. The Morgan fingerprint density at radius 1 is 1.21 bits per heavy atom. The average molecular weight is 192 g/mol. The third kappa shape index (κ3) is 2.56. The first kappa shape index (κ1) is 11.2. The highest BCUT2D eigenvalue weighted by atomic mass is 15.1. The van der Waals surface area contributed by atoms with Crippen molar-refractivity contribution in [2.45, 2.75) is 19.9 Å². The highest BCUT2D eigenvalue weighted by molar-refractivity contribution is 5.33. The van der Waals surface area contributed by atoms with Crippen molar-refractivity contribution in [1.29, 1.82) is 0 Å². The van der Waals surface area contributed by atoms with E-state index in [0.29, 0.717) is 0 Å². The molecular weight excluding hydrogens is 172 g/mol. The smallest absolute Gasteiger partial charge is 0.0233 e. The lowest BCUT2D eigenvalue weighted by Gasteiger charge is -2.24. The number of hydrogen-bond donors (Lipinski definition) is 1. The van der Waals surface area contributed by atoms with Gasteiger partial charge in [0.05, 0.1) is 0 Å². The Hall–Kier alpha value is -0.860. The van der Waals surface area contributed by atoms with E-state index in [1.165, 1.54) is 31.1 Å². The van der Waals surface area contributed by atoms with Gasteiger partial charge in [-0.2, -0.15) is 0 Å². The minimum absolute atomic E-state index is 1.12. The van der Waals surface area contributed by atoms with Crippen LogP contribution in [0.5, 0.6) is 0 Å². The number of fused-ring (bicyclic) bond motifs is 1. The van der Waals surface area contributed by atoms with Gasteiger partial charge in [0.15, 0.2) is 0 Å². The second kappa shape index (κ2) is 5.13. The van der Waals surface area contributed by atoms with Crippen molar-refractivity contribution in [3.63, 3.8) is 0 Å². The molecule has 1 aromatic rings. The summed E-state index contributed by atoms with van der Waals surface area (Å²) < 4.78 is 0. The molecule has 2 rings (SSSR count). The van der Waals surface area contributed by atoms with Crippen LogP contribution in [0.3, 0.4) is 0 Å². The molecule has 0 aromatic heterocycles. The molecular formula is C12H20N2. The first-order valence-corrected chi connectivity index (χ1v) is 5.10. The molecule has 1 aliphatic rings. The molecule has 0 aliphatic carbocycles. The maximum Gasteiger partial charge on any atom is 0.0233 e. The quantitative estimate of drug-likeness (QED) is 0.676. The third-order valence-corrected chi connectivity index (χ3v) is 2.56. The van der Waals surface area contributed by atoms with Gasteiger partial charge in [-0.3, -0.25) is 0 Å². The van der Waals surface area contributed by atoms with E-state index in [2.05, 4.69) is 42.8 Å². The topological polar surface area (TPSA) is 29.3 Å². The summed E-state index contributed by atoms with van der Waals surface area (Å²) in [5, 5.41) is 0. The van der Waals surface area contributed by atoms with Crippen LogP contribution in [0.2, 0.25) is 0 Å². The number of nitrogens with two attached hydrogens (primary N) is 1. The van der Waals surface area contributed by atoms with Crippen LogP contribution in [0.15, 0.2) is 18.2 Å². The van der Waals surface area contributed by atoms with Crippen LogP contribution in [0.1, 0.15) is 16.7 Å². The zero-order valence-corrected chi connectivity index (χ0v) is 9.38. The number of hydrogen-bond acceptors (Lipinski definition) is 2. The molecule has 0 atom stereocenters. The molecule has 2 nitrogen and oxygen atoms in total. The summed E-state index contributed by atoms with van der Waals surface area (Å²) in [7, 11) is 3.68. The third-order valence-electron chi connectivity index (χ3n) is 2.56. The lowest BCUT2D eigenvalue weighted by atomic mass is 9.98. The lowest BCUT2D eigenvalue weighted by molar-refractivity contribution is 0.313. The van der Waals surface area contributed by atoms with Crippen molar-refractivity contribution in [1.82, 2.24) is 4.90 Å². The molecule has 1 heterocycles. The maximum absolute atomic E-state index is 4.50. The predicted octanol–water partition coefficient (Wildman–Crippen LogP) is 1.56. The molecule has 0 fully saturated rings. The lowest BCUT2D eigenvalue weighted by Crippen LogP contribution is -2.26. The fourth-order valence-corrected chi connectivity index (χ4v) is 1.82. The molecule has 1 aromatic carbocycles. The largest absolute Gasteiger partial charge is 0.333 e. The summed E-state index contributed by atoms with van der Waals surface area (Å²) >= 11 is 0. The summed E-state index contributed by atoms with van der Waals surface area (Å²) in [5.41, 5.74) is 8.95. The zero-order chi connectivity index (χ0) is 10.6. The Morgan fingerprint density at radius 2 is 1.93 bits per heavy atom. The minimum Gasteiger partial charge on any atom is -0.333 e. The van der Waals surface area contributed by atoms with E-state index in [9.17, 15) is 0 Å². The number of benzene rings is 1. The predicted molar refractivity (Wildman–Crippen MR) is 61.3 cm³/mol. The molecule has 2 N–H and O–H groups in total. The van der Waals surface area contributed by atoms with Crippen molar-refractivity contribution in [2.24, 2.45) is 5.73 Å². The van der Waals surface area contributed by atoms with Gasteiger partial charge in [-0.25, -0.2) is 0 Å². The monoisotopic (exact) mass is 192 g/mol. The van der Waals surface area contributed by atoms with Gasteiger partial charge >= 0.3 is 0 Å². The number of rotatable bonds is 0. The van der Waals surface area contributed by atoms with Crippen LogP contribution in [0.25, 0.3) is 0 Å². The van der Waals surface area contributed by atoms with E-state index < -0.39 is 0 Å². The SMILES string of the molecule is CN.Cc1ccc2c(c1)CCN(C)C2. The summed E-state index contributed by atoms with van der Waals surface area (Å²) in [6, 6.07) is 6.79. The molecule has 0 bridgehead atoms. The van der Waals surface area contributed by atoms with E-state index in [1.54, 1.807) is 5.56 Å². The molecule has 0 spiro atoms. The van der Waals surface area contributed by atoms with Crippen molar-refractivity contribution in [3.05, 3.63) is 34.9 Å². The van der Waals surface area contributed by atoms with Crippen molar-refractivity contribution < 1.29 is 0 Å². The summed E-state index contributed by atoms with van der Waals surface area (Å²) in [6.45, 7) is 4.49. The molecule has 0 unspecified atom stereocenters. The van der Waals surface area contributed by atoms with Gasteiger partial charge in [0, 0.05) is 13.1 Å². The van der Waals surface area contributed by atoms with Gasteiger partial charge in [-0.1, -0.05) is 23.8 Å². The van der Waals surface area contributed by atoms with Crippen LogP contribution in [-0.4, -0.2) is 25.5 Å². The Labute approximate surface area is 86.7 Å². The average Bonchev–Trinajstić information content (AvgIpc) is 2.21. The van der Waals surface area contributed by atoms with Gasteiger partial charge in [-0.15, -0.1) is 0 Å². The first-order valence-electron chi connectivity index (χ1n) is 5.10. The summed E-state index contributed by atoms with van der Waals surface area (Å²) in [5.74, 6) is 0. The van der Waals surface area contributed by atoms with Crippen molar-refractivity contribution in [2.75, 3.05) is 20.6 Å². The van der Waals surface area contributed by atoms with E-state index in [1.807, 2.05) is 0 Å². The van der Waals surface area contributed by atoms with Crippen LogP contribution >= 0.6 is 0 Å². The van der Waals surface area contributed by atoms with E-state index in [-0.39, 0.29) is 0 Å². The molecule has 1 aliphatic heterocycles. The minimum atomic E-state index is 1.12. The van der Waals surface area contributed by atoms with Crippen LogP contribution in [-0.2, 0) is 13.0 Å². The van der Waals surface area contributed by atoms with E-state index in [4.69, 9.17) is 0 Å². The molecule has 78 valence electrons. The maximum atomic E-state index is 4.50. The fraction of sp³-hybridized carbons (Fsp3) is 0.500. The van der Waals surface area contributed by atoms with Gasteiger partial charge in [0.25, 0.3) is 0 Å². The van der Waals surface area contributed by atoms with E-state index >= 15 is 0 Å². The fourth-order valence-electron chi connectivity index (χ4n) is 1.82. The van der Waals surface area contributed by atoms with Crippen molar-refractivity contribution in [3.8, 4) is 0 Å². The van der Waals surface area contributed by atoms with Gasteiger partial charge < -0.3 is 10.6 Å². The number of nitrogens with zero attached hydrogens (tertiary/aromatic N) is 1. The Kier molecular flexibility index (Phi) is 4.11. The van der Waals surface area contributed by atoms with Gasteiger partial charge in [-0.05, 0) is 38.6 Å². The first-order chi connectivity index (χ1) is 6.75. The Bertz CT molecular complexity index is 294. The van der Waals surface area contributed by atoms with Crippen LogP contribution in [0, 0.1) is 6.92 Å². The number of aryl methyl sites for hydroxylation is 1. The van der Waals surface area contributed by atoms with Gasteiger partial charge in [0.2, 0.25) is 0 Å². The highest BCUT2D eigenvalue weighted by Gasteiger charge is 2.11. The summed E-state index contributed by atoms with van der Waals surface area (Å²) in [6.07, 6.45) is 1.22. The normalized spacial score (nSPS) is 15.4. The molecule has 0 saturated carbocycles. The number of likely N-dealkylation sites (N-methyl/N-ethyl adjacent to an activating group) is 1.